The van der Waals surface area contributed by atoms with E-state index in [1.807, 2.05) is 18.2 Å². The summed E-state index contributed by atoms with van der Waals surface area (Å²) in [6, 6.07) is 5.70. The highest BCUT2D eigenvalue weighted by atomic mass is 16.5. The van der Waals surface area contributed by atoms with Crippen LogP contribution in [0.25, 0.3) is 0 Å². The first-order valence-electron chi connectivity index (χ1n) is 7.48. The fourth-order valence-electron chi connectivity index (χ4n) is 3.94. The fourth-order valence-corrected chi connectivity index (χ4v) is 3.94. The van der Waals surface area contributed by atoms with Crippen molar-refractivity contribution in [2.75, 3.05) is 7.11 Å². The Morgan fingerprint density at radius 1 is 1.30 bits per heavy atom. The van der Waals surface area contributed by atoms with Crippen LogP contribution >= 0.6 is 0 Å². The molecule has 0 amide bonds. The average Bonchev–Trinajstić information content (AvgIpc) is 2.36. The van der Waals surface area contributed by atoms with E-state index in [-0.39, 0.29) is 11.0 Å². The first kappa shape index (κ1) is 13.7. The highest BCUT2D eigenvalue weighted by Gasteiger charge is 2.46. The van der Waals surface area contributed by atoms with Gasteiger partial charge in [-0.15, -0.1) is 0 Å². The maximum absolute atomic E-state index is 10.5. The van der Waals surface area contributed by atoms with Crippen LogP contribution in [0.3, 0.4) is 0 Å². The molecule has 1 aliphatic carbocycles. The molecule has 0 aromatic heterocycles. The van der Waals surface area contributed by atoms with Gasteiger partial charge in [-0.25, -0.2) is 0 Å². The van der Waals surface area contributed by atoms with Gasteiger partial charge in [0.15, 0.2) is 0 Å². The van der Waals surface area contributed by atoms with Crippen LogP contribution in [0.5, 0.6) is 11.5 Å². The Morgan fingerprint density at radius 3 is 2.80 bits per heavy atom. The van der Waals surface area contributed by atoms with Crippen molar-refractivity contribution in [3.63, 3.8) is 0 Å². The van der Waals surface area contributed by atoms with Gasteiger partial charge in [0, 0.05) is 18.1 Å². The summed E-state index contributed by atoms with van der Waals surface area (Å²) in [5.41, 5.74) is 0.967. The fraction of sp³-hybridized carbons (Fsp3) is 0.647. The summed E-state index contributed by atoms with van der Waals surface area (Å²) in [5.74, 6) is 1.57. The van der Waals surface area contributed by atoms with Crippen LogP contribution in [-0.4, -0.2) is 17.8 Å². The molecule has 1 aromatic carbocycles. The topological polar surface area (TPSA) is 38.7 Å². The molecule has 1 unspecified atom stereocenters. The molecule has 1 heterocycles. The summed E-state index contributed by atoms with van der Waals surface area (Å²) < 4.78 is 11.6. The van der Waals surface area contributed by atoms with Gasteiger partial charge < -0.3 is 14.6 Å². The zero-order valence-corrected chi connectivity index (χ0v) is 12.6. The number of methoxy groups -OCH3 is 1. The normalized spacial score (nSPS) is 31.5. The molecular weight excluding hydrogens is 252 g/mol. The van der Waals surface area contributed by atoms with Gasteiger partial charge in [-0.3, -0.25) is 0 Å². The molecular formula is C17H24O3. The summed E-state index contributed by atoms with van der Waals surface area (Å²) >= 11 is 0. The van der Waals surface area contributed by atoms with E-state index in [2.05, 4.69) is 13.8 Å². The Bertz CT molecular complexity index is 509. The van der Waals surface area contributed by atoms with E-state index in [1.165, 1.54) is 12.8 Å². The predicted octanol–water partition coefficient (Wildman–Crippen LogP) is 3.85. The lowest BCUT2D eigenvalue weighted by atomic mass is 9.67. The molecule has 3 heteroatoms. The molecule has 1 aliphatic heterocycles. The molecule has 0 radical (unpaired) electrons. The zero-order valence-electron chi connectivity index (χ0n) is 12.6. The predicted molar refractivity (Wildman–Crippen MR) is 78.2 cm³/mol. The monoisotopic (exact) mass is 276 g/mol. The molecule has 1 spiro atoms. The highest BCUT2D eigenvalue weighted by molar-refractivity contribution is 5.44. The van der Waals surface area contributed by atoms with Crippen molar-refractivity contribution in [3.8, 4) is 11.5 Å². The smallest absolute Gasteiger partial charge is 0.129 e. The van der Waals surface area contributed by atoms with Crippen LogP contribution in [0.15, 0.2) is 18.2 Å². The van der Waals surface area contributed by atoms with Crippen molar-refractivity contribution >= 4 is 0 Å². The molecule has 1 fully saturated rings. The third-order valence-corrected chi connectivity index (χ3v) is 4.76. The van der Waals surface area contributed by atoms with Crippen LogP contribution in [0, 0.1) is 5.41 Å². The molecule has 20 heavy (non-hydrogen) atoms. The van der Waals surface area contributed by atoms with Crippen LogP contribution < -0.4 is 9.47 Å². The second-order valence-corrected chi connectivity index (χ2v) is 7.10. The Kier molecular flexibility index (Phi) is 3.20. The minimum absolute atomic E-state index is 0.208. The van der Waals surface area contributed by atoms with Crippen molar-refractivity contribution in [2.45, 2.75) is 57.7 Å². The second kappa shape index (κ2) is 4.66. The number of benzene rings is 1. The number of aliphatic hydroxyl groups is 1. The number of hydrogen-bond donors (Lipinski definition) is 1. The summed E-state index contributed by atoms with van der Waals surface area (Å²) in [5, 5.41) is 10.5. The molecule has 1 aromatic rings. The van der Waals surface area contributed by atoms with Gasteiger partial charge in [0.2, 0.25) is 0 Å². The standard InChI is InChI=1S/C17H24O3/c1-16(2)7-4-8-17(11-16)10-14(18)13-6-5-12(19-3)9-15(13)20-17/h5-6,9,14,18H,4,7-8,10-11H2,1-3H3/t14-,17?/m1/s1. The van der Waals surface area contributed by atoms with Crippen LogP contribution in [0.1, 0.15) is 57.6 Å². The Hall–Kier alpha value is -1.22. The summed E-state index contributed by atoms with van der Waals surface area (Å²) in [4.78, 5) is 0. The second-order valence-electron chi connectivity index (χ2n) is 7.10. The first-order valence-corrected chi connectivity index (χ1v) is 7.48. The largest absolute Gasteiger partial charge is 0.497 e. The number of aliphatic hydroxyl groups excluding tert-OH is 1. The van der Waals surface area contributed by atoms with Gasteiger partial charge in [-0.05, 0) is 43.2 Å². The molecule has 3 rings (SSSR count). The molecule has 0 bridgehead atoms. The lowest BCUT2D eigenvalue weighted by molar-refractivity contribution is -0.0677. The minimum atomic E-state index is -0.432. The molecule has 3 nitrogen and oxygen atoms in total. The van der Waals surface area contributed by atoms with E-state index in [9.17, 15) is 5.11 Å². The summed E-state index contributed by atoms with van der Waals surface area (Å²) in [6.45, 7) is 4.59. The van der Waals surface area contributed by atoms with Gasteiger partial charge >= 0.3 is 0 Å². The summed E-state index contributed by atoms with van der Waals surface area (Å²) in [6.07, 6.45) is 4.71. The highest BCUT2D eigenvalue weighted by Crippen LogP contribution is 2.51. The number of hydrogen-bond acceptors (Lipinski definition) is 3. The molecule has 1 N–H and O–H groups in total. The Labute approximate surface area is 120 Å². The van der Waals surface area contributed by atoms with Gasteiger partial charge in [0.1, 0.15) is 17.1 Å². The zero-order chi connectivity index (χ0) is 14.4. The third-order valence-electron chi connectivity index (χ3n) is 4.76. The van der Waals surface area contributed by atoms with E-state index in [4.69, 9.17) is 9.47 Å². The summed E-state index contributed by atoms with van der Waals surface area (Å²) in [7, 11) is 1.65. The lowest BCUT2D eigenvalue weighted by Gasteiger charge is -2.48. The SMILES string of the molecule is COc1ccc2c(c1)OC1(CCCC(C)(C)C1)C[C@H]2O. The maximum Gasteiger partial charge on any atom is 0.129 e. The molecule has 1 saturated carbocycles. The van der Waals surface area contributed by atoms with Crippen LogP contribution in [-0.2, 0) is 0 Å². The van der Waals surface area contributed by atoms with E-state index in [0.717, 1.165) is 29.9 Å². The van der Waals surface area contributed by atoms with Crippen molar-refractivity contribution in [3.05, 3.63) is 23.8 Å². The number of rotatable bonds is 1. The Morgan fingerprint density at radius 2 is 2.10 bits per heavy atom. The number of fused-ring (bicyclic) bond motifs is 1. The molecule has 2 atom stereocenters. The van der Waals surface area contributed by atoms with Crippen molar-refractivity contribution < 1.29 is 14.6 Å². The van der Waals surface area contributed by atoms with E-state index >= 15 is 0 Å². The molecule has 2 aliphatic rings. The number of ether oxygens (including phenoxy) is 2. The van der Waals surface area contributed by atoms with Gasteiger partial charge in [-0.1, -0.05) is 13.8 Å². The van der Waals surface area contributed by atoms with E-state index < -0.39 is 6.10 Å². The first-order chi connectivity index (χ1) is 9.43. The van der Waals surface area contributed by atoms with Crippen molar-refractivity contribution in [2.24, 2.45) is 5.41 Å². The lowest BCUT2D eigenvalue weighted by Crippen LogP contribution is -2.47. The molecule has 0 saturated heterocycles. The van der Waals surface area contributed by atoms with Crippen LogP contribution in [0.2, 0.25) is 0 Å². The quantitative estimate of drug-likeness (QED) is 0.846. The minimum Gasteiger partial charge on any atom is -0.497 e. The maximum atomic E-state index is 10.5. The van der Waals surface area contributed by atoms with E-state index in [1.54, 1.807) is 7.11 Å². The van der Waals surface area contributed by atoms with Crippen LogP contribution in [0.4, 0.5) is 0 Å². The van der Waals surface area contributed by atoms with Crippen molar-refractivity contribution in [1.82, 2.24) is 0 Å². The average molecular weight is 276 g/mol. The van der Waals surface area contributed by atoms with Gasteiger partial charge in [-0.2, -0.15) is 0 Å². The van der Waals surface area contributed by atoms with Gasteiger partial charge in [0.05, 0.1) is 13.2 Å². The Balaban J connectivity index is 1.94. The molecule has 110 valence electrons. The van der Waals surface area contributed by atoms with Crippen molar-refractivity contribution in [1.29, 1.82) is 0 Å². The van der Waals surface area contributed by atoms with Gasteiger partial charge in [0.25, 0.3) is 0 Å². The van der Waals surface area contributed by atoms with E-state index in [0.29, 0.717) is 6.42 Å². The third kappa shape index (κ3) is 2.39.